The van der Waals surface area contributed by atoms with Crippen molar-refractivity contribution < 1.29 is 40.0 Å². The molecule has 1 fully saturated rings. The third-order valence-electron chi connectivity index (χ3n) is 7.84. The summed E-state index contributed by atoms with van der Waals surface area (Å²) < 4.78 is 105. The van der Waals surface area contributed by atoms with Crippen molar-refractivity contribution >= 4 is 14.1 Å². The average molecular weight is 535 g/mol. The maximum absolute atomic E-state index is 14.3. The van der Waals surface area contributed by atoms with Crippen LogP contribution in [-0.2, 0) is 20.2 Å². The molecule has 0 N–H and O–H groups in total. The van der Waals surface area contributed by atoms with Crippen LogP contribution in [0.2, 0.25) is 18.1 Å². The minimum Gasteiger partial charge on any atom is -0.393 e. The number of hydrogen-bond acceptors (Lipinski definition) is 2. The first-order chi connectivity index (χ1) is 16.2. The number of carbonyl (C=O) groups is 1. The molecule has 2 aromatic carbocycles. The maximum Gasteiger partial charge on any atom is 0.429 e. The van der Waals surface area contributed by atoms with Gasteiger partial charge in [-0.25, -0.2) is 4.39 Å². The van der Waals surface area contributed by atoms with Gasteiger partial charge in [0.2, 0.25) is 0 Å². The summed E-state index contributed by atoms with van der Waals surface area (Å²) >= 11 is 0. The van der Waals surface area contributed by atoms with Crippen molar-refractivity contribution in [3.63, 3.8) is 0 Å². The van der Waals surface area contributed by atoms with Crippen LogP contribution < -0.4 is 0 Å². The van der Waals surface area contributed by atoms with Crippen LogP contribution >= 0.6 is 0 Å². The summed E-state index contributed by atoms with van der Waals surface area (Å²) in [5.74, 6) is -1.13. The number of rotatable bonds is 5. The Bertz CT molecular complexity index is 1100. The molecule has 1 saturated carbocycles. The largest absolute Gasteiger partial charge is 0.429 e. The van der Waals surface area contributed by atoms with E-state index in [2.05, 4.69) is 0 Å². The number of halogens is 7. The Balaban J connectivity index is 2.09. The second-order valence-electron chi connectivity index (χ2n) is 11.1. The zero-order chi connectivity index (χ0) is 27.5. The molecule has 0 saturated heterocycles. The van der Waals surface area contributed by atoms with Crippen LogP contribution in [0, 0.1) is 5.82 Å². The lowest BCUT2D eigenvalue weighted by atomic mass is 9.55. The second kappa shape index (κ2) is 8.68. The SMILES string of the molecule is CC1(c2ccc(F)cc2)C(=O)CC1c1ccc(C(O[Si](C)(C)C(C)(C)C)(C(F)(F)F)C(F)(F)F)cc1. The molecular formula is C26H29F7O2Si. The fourth-order valence-corrected chi connectivity index (χ4v) is 5.84. The van der Waals surface area contributed by atoms with Crippen LogP contribution in [0.15, 0.2) is 48.5 Å². The monoisotopic (exact) mass is 534 g/mol. The van der Waals surface area contributed by atoms with Gasteiger partial charge >= 0.3 is 12.4 Å². The summed E-state index contributed by atoms with van der Waals surface area (Å²) in [5, 5.41) is -0.919. The zero-order valence-corrected chi connectivity index (χ0v) is 21.9. The normalized spacial score (nSPS) is 21.9. The number of benzene rings is 2. The second-order valence-corrected chi connectivity index (χ2v) is 15.8. The highest BCUT2D eigenvalue weighted by molar-refractivity contribution is 6.74. The van der Waals surface area contributed by atoms with E-state index < -0.39 is 54.0 Å². The summed E-state index contributed by atoms with van der Waals surface area (Å²) in [4.78, 5) is 12.6. The first-order valence-corrected chi connectivity index (χ1v) is 14.3. The van der Waals surface area contributed by atoms with Crippen LogP contribution in [-0.4, -0.2) is 26.5 Å². The van der Waals surface area contributed by atoms with Gasteiger partial charge in [0.25, 0.3) is 5.60 Å². The average Bonchev–Trinajstić information content (AvgIpc) is 2.73. The quantitative estimate of drug-likeness (QED) is 0.286. The van der Waals surface area contributed by atoms with E-state index in [0.29, 0.717) is 11.1 Å². The fraction of sp³-hybridized carbons (Fsp3) is 0.500. The molecule has 198 valence electrons. The molecular weight excluding hydrogens is 505 g/mol. The summed E-state index contributed by atoms with van der Waals surface area (Å²) in [5.41, 5.74) is -5.70. The topological polar surface area (TPSA) is 26.3 Å². The molecule has 36 heavy (non-hydrogen) atoms. The molecule has 2 aromatic rings. The highest BCUT2D eigenvalue weighted by atomic mass is 28.4. The van der Waals surface area contributed by atoms with Crippen LogP contribution in [0.1, 0.15) is 56.7 Å². The van der Waals surface area contributed by atoms with Gasteiger partial charge in [-0.15, -0.1) is 0 Å². The van der Waals surface area contributed by atoms with Gasteiger partial charge in [-0.05, 0) is 48.3 Å². The van der Waals surface area contributed by atoms with Crippen molar-refractivity contribution in [2.75, 3.05) is 0 Å². The molecule has 0 aliphatic heterocycles. The fourth-order valence-electron chi connectivity index (χ4n) is 4.42. The Morgan fingerprint density at radius 3 is 1.72 bits per heavy atom. The number of Topliss-reactive ketones (excluding diaryl/α,β-unsaturated/α-hetero) is 1. The minimum absolute atomic E-state index is 0.0668. The van der Waals surface area contributed by atoms with Crippen molar-refractivity contribution in [3.8, 4) is 0 Å². The lowest BCUT2D eigenvalue weighted by Gasteiger charge is -2.47. The smallest absolute Gasteiger partial charge is 0.393 e. The Labute approximate surface area is 207 Å². The number of ketones is 1. The number of carbonyl (C=O) groups excluding carboxylic acids is 1. The molecule has 1 aliphatic rings. The molecule has 3 rings (SSSR count). The van der Waals surface area contributed by atoms with E-state index in [9.17, 15) is 35.5 Å². The molecule has 0 amide bonds. The van der Waals surface area contributed by atoms with E-state index in [1.807, 2.05) is 0 Å². The third kappa shape index (κ3) is 4.40. The lowest BCUT2D eigenvalue weighted by Crippen LogP contribution is -2.62. The summed E-state index contributed by atoms with van der Waals surface area (Å²) in [7, 11) is -3.57. The number of alkyl halides is 6. The van der Waals surface area contributed by atoms with E-state index in [4.69, 9.17) is 4.43 Å². The van der Waals surface area contributed by atoms with Crippen molar-refractivity contribution in [1.29, 1.82) is 0 Å². The minimum atomic E-state index is -5.78. The first-order valence-electron chi connectivity index (χ1n) is 11.4. The van der Waals surface area contributed by atoms with Crippen molar-refractivity contribution in [2.24, 2.45) is 0 Å². The first kappa shape index (κ1) is 28.4. The van der Waals surface area contributed by atoms with Crippen molar-refractivity contribution in [2.45, 2.75) is 81.5 Å². The van der Waals surface area contributed by atoms with E-state index >= 15 is 0 Å². The molecule has 0 heterocycles. The highest BCUT2D eigenvalue weighted by Crippen LogP contribution is 2.57. The van der Waals surface area contributed by atoms with Gasteiger partial charge in [-0.3, -0.25) is 4.79 Å². The van der Waals surface area contributed by atoms with Gasteiger partial charge in [0.1, 0.15) is 11.6 Å². The molecule has 0 radical (unpaired) electrons. The summed E-state index contributed by atoms with van der Waals surface area (Å²) in [6.45, 7) is 8.99. The van der Waals surface area contributed by atoms with Crippen LogP contribution in [0.5, 0.6) is 0 Å². The van der Waals surface area contributed by atoms with Gasteiger partial charge in [0.05, 0.1) is 5.41 Å². The zero-order valence-electron chi connectivity index (χ0n) is 20.9. The summed E-state index contributed by atoms with van der Waals surface area (Å²) in [6, 6.07) is 9.27. The Morgan fingerprint density at radius 1 is 0.861 bits per heavy atom. The molecule has 0 aromatic heterocycles. The molecule has 10 heteroatoms. The van der Waals surface area contributed by atoms with Crippen LogP contribution in [0.4, 0.5) is 30.7 Å². The molecule has 2 nitrogen and oxygen atoms in total. The van der Waals surface area contributed by atoms with E-state index in [1.54, 1.807) is 27.7 Å². The lowest BCUT2D eigenvalue weighted by molar-refractivity contribution is -0.369. The Morgan fingerprint density at radius 2 is 1.33 bits per heavy atom. The number of hydrogen-bond donors (Lipinski definition) is 0. The molecule has 0 bridgehead atoms. The van der Waals surface area contributed by atoms with E-state index in [0.717, 1.165) is 12.1 Å². The van der Waals surface area contributed by atoms with Gasteiger partial charge in [-0.2, -0.15) is 26.3 Å². The van der Waals surface area contributed by atoms with E-state index in [-0.39, 0.29) is 12.2 Å². The van der Waals surface area contributed by atoms with E-state index in [1.165, 1.54) is 49.5 Å². The molecule has 2 unspecified atom stereocenters. The summed E-state index contributed by atoms with van der Waals surface area (Å²) in [6.07, 6.45) is -11.5. The van der Waals surface area contributed by atoms with Crippen molar-refractivity contribution in [1.82, 2.24) is 0 Å². The molecule has 2 atom stereocenters. The predicted octanol–water partition coefficient (Wildman–Crippen LogP) is 8.18. The van der Waals surface area contributed by atoms with Crippen LogP contribution in [0.3, 0.4) is 0 Å². The van der Waals surface area contributed by atoms with Crippen LogP contribution in [0.25, 0.3) is 0 Å². The van der Waals surface area contributed by atoms with Gasteiger partial charge in [0.15, 0.2) is 8.32 Å². The van der Waals surface area contributed by atoms with Gasteiger partial charge < -0.3 is 4.43 Å². The van der Waals surface area contributed by atoms with Gasteiger partial charge in [0, 0.05) is 17.9 Å². The standard InChI is InChI=1S/C26H29F7O2Si/c1-22(2,3)36(5,6)35-24(25(28,29)30,26(31,32)33)18-9-7-16(8-10-18)20-15-21(34)23(20,4)17-11-13-19(27)14-12-17/h7-14,20H,15H2,1-6H3. The predicted molar refractivity (Wildman–Crippen MR) is 125 cm³/mol. The molecule has 0 spiro atoms. The van der Waals surface area contributed by atoms with Gasteiger partial charge in [-0.1, -0.05) is 57.2 Å². The Kier molecular flexibility index (Phi) is 6.84. The highest BCUT2D eigenvalue weighted by Gasteiger charge is 2.75. The molecule has 1 aliphatic carbocycles. The maximum atomic E-state index is 14.3. The third-order valence-corrected chi connectivity index (χ3v) is 12.3. The van der Waals surface area contributed by atoms with Crippen molar-refractivity contribution in [3.05, 3.63) is 71.0 Å². The Hall–Kier alpha value is -2.20.